The van der Waals surface area contributed by atoms with Gasteiger partial charge in [0.15, 0.2) is 0 Å². The first-order chi connectivity index (χ1) is 6.92. The van der Waals surface area contributed by atoms with Gasteiger partial charge in [0.05, 0.1) is 6.16 Å². The molecule has 6 nitrogen and oxygen atoms in total. The molecule has 1 saturated carbocycles. The molecule has 84 valence electrons. The summed E-state index contributed by atoms with van der Waals surface area (Å²) < 4.78 is 10.7. The second-order valence-electron chi connectivity index (χ2n) is 4.29. The molecule has 0 aliphatic heterocycles. The van der Waals surface area contributed by atoms with Crippen LogP contribution in [0.15, 0.2) is 5.11 Å². The third-order valence-electron chi connectivity index (χ3n) is 2.88. The molecular formula is C7H15BN3O3P. The van der Waals surface area contributed by atoms with Gasteiger partial charge in [-0.25, -0.2) is 0 Å². The monoisotopic (exact) mass is 231 g/mol. The van der Waals surface area contributed by atoms with Gasteiger partial charge in [-0.3, -0.25) is 4.57 Å². The largest absolute Gasteiger partial charge is 0.325 e. The lowest BCUT2D eigenvalue weighted by molar-refractivity contribution is 0.362. The van der Waals surface area contributed by atoms with Crippen molar-refractivity contribution in [1.29, 1.82) is 0 Å². The highest BCUT2D eigenvalue weighted by atomic mass is 31.2. The standard InChI is InChI=1S/C7H15BN3O3P/c8-6-3-5(1-2-15(12,13)14)7(4-6)10-11-9/h5-7H,1-4,8H2,(H2,12,13,14). The molecule has 0 radical (unpaired) electrons. The molecule has 0 aromatic carbocycles. The summed E-state index contributed by atoms with van der Waals surface area (Å²) in [5, 5.41) is 3.68. The second kappa shape index (κ2) is 5.04. The van der Waals surface area contributed by atoms with Gasteiger partial charge in [-0.15, -0.1) is 0 Å². The molecule has 1 aliphatic rings. The predicted octanol–water partition coefficient (Wildman–Crippen LogP) is 1.06. The van der Waals surface area contributed by atoms with Crippen LogP contribution < -0.4 is 0 Å². The summed E-state index contributed by atoms with van der Waals surface area (Å²) in [4.78, 5) is 20.3. The zero-order valence-electron chi connectivity index (χ0n) is 8.65. The van der Waals surface area contributed by atoms with Gasteiger partial charge < -0.3 is 9.79 Å². The van der Waals surface area contributed by atoms with E-state index in [9.17, 15) is 4.57 Å². The Hall–Kier alpha value is -0.475. The average Bonchev–Trinajstić information content (AvgIpc) is 2.42. The molecule has 0 heterocycles. The fourth-order valence-electron chi connectivity index (χ4n) is 2.23. The van der Waals surface area contributed by atoms with Gasteiger partial charge in [0.2, 0.25) is 0 Å². The summed E-state index contributed by atoms with van der Waals surface area (Å²) >= 11 is 0. The van der Waals surface area contributed by atoms with Crippen molar-refractivity contribution in [2.45, 2.75) is 31.1 Å². The van der Waals surface area contributed by atoms with Crippen LogP contribution in [-0.2, 0) is 4.57 Å². The van der Waals surface area contributed by atoms with Crippen LogP contribution in [0.3, 0.4) is 0 Å². The van der Waals surface area contributed by atoms with Crippen molar-refractivity contribution < 1.29 is 14.4 Å². The summed E-state index contributed by atoms with van der Waals surface area (Å²) in [5.41, 5.74) is 8.36. The lowest BCUT2D eigenvalue weighted by Crippen LogP contribution is -2.12. The summed E-state index contributed by atoms with van der Waals surface area (Å²) in [5.74, 6) is 0.603. The van der Waals surface area contributed by atoms with Crippen molar-refractivity contribution in [1.82, 2.24) is 0 Å². The maximum atomic E-state index is 10.7. The molecule has 15 heavy (non-hydrogen) atoms. The van der Waals surface area contributed by atoms with Crippen LogP contribution in [0.5, 0.6) is 0 Å². The van der Waals surface area contributed by atoms with Gasteiger partial charge in [-0.1, -0.05) is 17.4 Å². The molecule has 0 amide bonds. The fraction of sp³-hybridized carbons (Fsp3) is 1.00. The van der Waals surface area contributed by atoms with E-state index in [-0.39, 0.29) is 18.1 Å². The molecule has 0 bridgehead atoms. The molecule has 1 fully saturated rings. The van der Waals surface area contributed by atoms with Crippen LogP contribution in [0.4, 0.5) is 0 Å². The van der Waals surface area contributed by atoms with Crippen molar-refractivity contribution in [3.63, 3.8) is 0 Å². The zero-order valence-corrected chi connectivity index (χ0v) is 9.55. The molecule has 2 N–H and O–H groups in total. The Morgan fingerprint density at radius 1 is 1.53 bits per heavy atom. The maximum Gasteiger partial charge on any atom is 0.325 e. The highest BCUT2D eigenvalue weighted by molar-refractivity contribution is 7.51. The van der Waals surface area contributed by atoms with Crippen LogP contribution in [-0.4, -0.2) is 29.8 Å². The van der Waals surface area contributed by atoms with E-state index in [4.69, 9.17) is 15.3 Å². The predicted molar refractivity (Wildman–Crippen MR) is 59.5 cm³/mol. The fourth-order valence-corrected chi connectivity index (χ4v) is 2.89. The molecule has 0 saturated heterocycles. The van der Waals surface area contributed by atoms with E-state index in [1.807, 2.05) is 0 Å². The van der Waals surface area contributed by atoms with Gasteiger partial charge >= 0.3 is 7.60 Å². The highest BCUT2D eigenvalue weighted by Crippen LogP contribution is 2.42. The SMILES string of the molecule is BC1CC(CCP(=O)(O)O)C(N=[N+]=[N-])C1. The topological polar surface area (TPSA) is 106 Å². The first-order valence-electron chi connectivity index (χ1n) is 5.01. The van der Waals surface area contributed by atoms with Crippen LogP contribution in [0.2, 0.25) is 5.82 Å². The first kappa shape index (κ1) is 12.6. The zero-order chi connectivity index (χ0) is 11.5. The van der Waals surface area contributed by atoms with E-state index in [1.54, 1.807) is 0 Å². The molecule has 3 unspecified atom stereocenters. The highest BCUT2D eigenvalue weighted by Gasteiger charge is 2.32. The number of azide groups is 1. The summed E-state index contributed by atoms with van der Waals surface area (Å²) in [6.45, 7) is 0. The van der Waals surface area contributed by atoms with E-state index in [0.29, 0.717) is 12.2 Å². The number of nitrogens with zero attached hydrogens (tertiary/aromatic N) is 3. The van der Waals surface area contributed by atoms with Gasteiger partial charge in [0.1, 0.15) is 7.85 Å². The second-order valence-corrected chi connectivity index (χ2v) is 6.06. The Labute approximate surface area is 89.3 Å². The molecule has 0 spiro atoms. The number of rotatable bonds is 4. The van der Waals surface area contributed by atoms with E-state index in [2.05, 4.69) is 17.9 Å². The average molecular weight is 231 g/mol. The van der Waals surface area contributed by atoms with Crippen LogP contribution in [0.25, 0.3) is 10.4 Å². The van der Waals surface area contributed by atoms with Gasteiger partial charge in [0.25, 0.3) is 0 Å². The van der Waals surface area contributed by atoms with Crippen molar-refractivity contribution in [2.75, 3.05) is 6.16 Å². The lowest BCUT2D eigenvalue weighted by atomic mass is 9.85. The molecule has 1 rings (SSSR count). The Balaban J connectivity index is 2.52. The third-order valence-corrected chi connectivity index (χ3v) is 3.73. The van der Waals surface area contributed by atoms with Crippen molar-refractivity contribution in [2.24, 2.45) is 11.0 Å². The van der Waals surface area contributed by atoms with Gasteiger partial charge in [0, 0.05) is 11.0 Å². The molecule has 0 aromatic rings. The maximum absolute atomic E-state index is 10.7. The third kappa shape index (κ3) is 4.26. The van der Waals surface area contributed by atoms with Crippen LogP contribution in [0, 0.1) is 5.92 Å². The molecule has 8 heteroatoms. The Morgan fingerprint density at radius 3 is 2.73 bits per heavy atom. The minimum atomic E-state index is -3.92. The van der Waals surface area contributed by atoms with Gasteiger partial charge in [-0.2, -0.15) is 0 Å². The minimum Gasteiger partial charge on any atom is -0.324 e. The first-order valence-corrected chi connectivity index (χ1v) is 6.81. The van der Waals surface area contributed by atoms with E-state index < -0.39 is 7.60 Å². The van der Waals surface area contributed by atoms with Crippen LogP contribution in [0.1, 0.15) is 19.3 Å². The Kier molecular flexibility index (Phi) is 4.23. The quantitative estimate of drug-likeness (QED) is 0.248. The molecule has 3 atom stereocenters. The number of hydrogen-bond donors (Lipinski definition) is 2. The van der Waals surface area contributed by atoms with Crippen molar-refractivity contribution >= 4 is 15.4 Å². The lowest BCUT2D eigenvalue weighted by Gasteiger charge is -2.14. The summed E-state index contributed by atoms with van der Waals surface area (Å²) in [7, 11) is -1.85. The van der Waals surface area contributed by atoms with Crippen molar-refractivity contribution in [3.05, 3.63) is 10.4 Å². The summed E-state index contributed by atoms with van der Waals surface area (Å²) in [6, 6.07) is -0.0865. The minimum absolute atomic E-state index is 0.0865. The smallest absolute Gasteiger partial charge is 0.324 e. The van der Waals surface area contributed by atoms with E-state index in [0.717, 1.165) is 12.8 Å². The number of hydrogen-bond acceptors (Lipinski definition) is 2. The molecule has 0 aromatic heterocycles. The van der Waals surface area contributed by atoms with E-state index in [1.165, 1.54) is 0 Å². The normalized spacial score (nSPS) is 31.2. The Bertz CT molecular complexity index is 315. The Morgan fingerprint density at radius 2 is 2.20 bits per heavy atom. The van der Waals surface area contributed by atoms with Crippen LogP contribution >= 0.6 is 7.60 Å². The molecular weight excluding hydrogens is 216 g/mol. The van der Waals surface area contributed by atoms with Crippen molar-refractivity contribution in [3.8, 4) is 0 Å². The molecule has 1 aliphatic carbocycles. The van der Waals surface area contributed by atoms with E-state index >= 15 is 0 Å². The summed E-state index contributed by atoms with van der Waals surface area (Å²) in [6.07, 6.45) is 2.06. The van der Waals surface area contributed by atoms with Gasteiger partial charge in [-0.05, 0) is 24.3 Å².